The lowest BCUT2D eigenvalue weighted by Gasteiger charge is -2.38. The van der Waals surface area contributed by atoms with E-state index in [0.29, 0.717) is 0 Å². The Morgan fingerprint density at radius 1 is 0.291 bits per heavy atom. The highest BCUT2D eigenvalue weighted by Crippen LogP contribution is 2.68. The van der Waals surface area contributed by atoms with E-state index in [4.69, 9.17) is 4.42 Å². The molecule has 16 rings (SSSR count). The van der Waals surface area contributed by atoms with Gasteiger partial charge in [0.1, 0.15) is 11.2 Å². The van der Waals surface area contributed by atoms with Gasteiger partial charge in [0.05, 0.1) is 22.2 Å². The molecule has 4 heteroatoms. The van der Waals surface area contributed by atoms with E-state index in [-0.39, 0.29) is 32.5 Å². The van der Waals surface area contributed by atoms with Crippen molar-refractivity contribution in [3.8, 4) is 22.3 Å². The Morgan fingerprint density at radius 3 is 1.03 bits per heavy atom. The molecule has 110 heavy (non-hydrogen) atoms. The molecule has 0 amide bonds. The van der Waals surface area contributed by atoms with Crippen LogP contribution in [0.3, 0.4) is 0 Å². The summed E-state index contributed by atoms with van der Waals surface area (Å²) in [5, 5.41) is 7.50. The number of fused-ring (bicyclic) bond motifs is 11. The van der Waals surface area contributed by atoms with E-state index in [9.17, 15) is 0 Å². The number of anilines is 6. The SMILES string of the molecule is CC(C)(C)c1ccc(N(c2ccccc2)c2cc3c(c4c2-c2ccccc2C4(C)C)-c2c(cc(N(c4ccccc4)c4ccc(C(C)(C)C)cc4)c4c2oc2ccccc24)C3(c2ccc(C(C)(C)C)cc2)c2ccc([Si](c3ccc(C(C)(C)C)cc3)(c3ccc(C(C)(C)C)cc3)c3ccc(C(C)(C)C)cc3)cc2)cc1. The van der Waals surface area contributed by atoms with Crippen LogP contribution in [0.2, 0.25) is 0 Å². The Hall–Kier alpha value is -10.5. The van der Waals surface area contributed by atoms with Gasteiger partial charge in [0.15, 0.2) is 8.07 Å². The fraction of sp³-hybridized carbons (Fsp3) is 0.264. The van der Waals surface area contributed by atoms with Crippen molar-refractivity contribution in [1.29, 1.82) is 0 Å². The Balaban J connectivity index is 1.11. The Kier molecular flexibility index (Phi) is 17.6. The second-order valence-electron chi connectivity index (χ2n) is 38.2. The summed E-state index contributed by atoms with van der Waals surface area (Å²) < 4.78 is 7.93. The molecule has 0 N–H and O–H groups in total. The van der Waals surface area contributed by atoms with Crippen LogP contribution in [0, 0.1) is 0 Å². The molecule has 0 spiro atoms. The van der Waals surface area contributed by atoms with Crippen molar-refractivity contribution < 1.29 is 4.42 Å². The van der Waals surface area contributed by atoms with Gasteiger partial charge < -0.3 is 14.2 Å². The van der Waals surface area contributed by atoms with Gasteiger partial charge in [-0.25, -0.2) is 0 Å². The first-order valence-electron chi connectivity index (χ1n) is 39.9. The van der Waals surface area contributed by atoms with Gasteiger partial charge in [-0.15, -0.1) is 0 Å². The number of hydrogen-bond donors (Lipinski definition) is 0. The third kappa shape index (κ3) is 12.1. The molecule has 1 heterocycles. The van der Waals surface area contributed by atoms with Crippen molar-refractivity contribution in [2.75, 3.05) is 9.80 Å². The molecule has 2 aliphatic rings. The number of rotatable bonds is 12. The average Bonchev–Trinajstić information content (AvgIpc) is 1.49. The highest BCUT2D eigenvalue weighted by molar-refractivity contribution is 7.19. The summed E-state index contributed by atoms with van der Waals surface area (Å²) in [6.45, 7) is 46.9. The second-order valence-corrected chi connectivity index (χ2v) is 42.0. The molecule has 2 aliphatic carbocycles. The van der Waals surface area contributed by atoms with Gasteiger partial charge in [0.25, 0.3) is 0 Å². The first-order chi connectivity index (χ1) is 52.1. The zero-order chi connectivity index (χ0) is 77.6. The molecular weight excluding hydrogens is 1350 g/mol. The summed E-state index contributed by atoms with van der Waals surface area (Å²) in [6, 6.07) is 114. The normalized spacial score (nSPS) is 15.0. The quantitative estimate of drug-likeness (QED) is 0.0898. The third-order valence-electron chi connectivity index (χ3n) is 24.5. The number of para-hydroxylation sites is 3. The van der Waals surface area contributed by atoms with E-state index >= 15 is 0 Å². The molecule has 0 radical (unpaired) electrons. The van der Waals surface area contributed by atoms with Crippen LogP contribution in [0.25, 0.3) is 44.2 Å². The van der Waals surface area contributed by atoms with Crippen molar-refractivity contribution in [3.05, 3.63) is 358 Å². The van der Waals surface area contributed by atoms with Crippen LogP contribution >= 0.6 is 0 Å². The van der Waals surface area contributed by atoms with Crippen LogP contribution in [-0.2, 0) is 43.3 Å². The maximum atomic E-state index is 7.93. The van der Waals surface area contributed by atoms with Gasteiger partial charge in [-0.3, -0.25) is 0 Å². The van der Waals surface area contributed by atoms with Crippen LogP contribution in [0.15, 0.2) is 296 Å². The van der Waals surface area contributed by atoms with Crippen molar-refractivity contribution in [2.45, 2.75) is 182 Å². The zero-order valence-corrected chi connectivity index (χ0v) is 69.5. The van der Waals surface area contributed by atoms with Crippen LogP contribution in [0.5, 0.6) is 0 Å². The molecule has 1 aromatic heterocycles. The molecule has 13 aromatic carbocycles. The highest BCUT2D eigenvalue weighted by Gasteiger charge is 2.54. The predicted octanol–water partition coefficient (Wildman–Crippen LogP) is 26.4. The lowest BCUT2D eigenvalue weighted by atomic mass is 9.66. The van der Waals surface area contributed by atoms with E-state index in [1.54, 1.807) is 0 Å². The van der Waals surface area contributed by atoms with Crippen LogP contribution in [0.1, 0.15) is 205 Å². The average molecular weight is 1450 g/mol. The molecule has 0 bridgehead atoms. The molecule has 3 nitrogen and oxygen atoms in total. The smallest absolute Gasteiger partial charge is 0.179 e. The molecule has 552 valence electrons. The fourth-order valence-corrected chi connectivity index (χ4v) is 23.0. The minimum atomic E-state index is -3.27. The molecular formula is C106H108N2OSi. The summed E-state index contributed by atoms with van der Waals surface area (Å²) in [5.74, 6) is 0. The van der Waals surface area contributed by atoms with E-state index < -0.39 is 18.9 Å². The topological polar surface area (TPSA) is 19.6 Å². The first-order valence-corrected chi connectivity index (χ1v) is 41.9. The van der Waals surface area contributed by atoms with Crippen molar-refractivity contribution >= 4 is 84.9 Å². The number of nitrogens with zero attached hydrogens (tertiary/aromatic N) is 2. The third-order valence-corrected chi connectivity index (χ3v) is 29.3. The minimum absolute atomic E-state index is 0.0454. The second kappa shape index (κ2) is 26.3. The van der Waals surface area contributed by atoms with Crippen LogP contribution < -0.4 is 30.5 Å². The van der Waals surface area contributed by atoms with E-state index in [1.165, 1.54) is 104 Å². The summed E-state index contributed by atoms with van der Waals surface area (Å²) >= 11 is 0. The van der Waals surface area contributed by atoms with E-state index in [0.717, 1.165) is 61.6 Å². The summed E-state index contributed by atoms with van der Waals surface area (Å²) in [5.41, 5.74) is 26.2. The van der Waals surface area contributed by atoms with Gasteiger partial charge >= 0.3 is 0 Å². The molecule has 0 aliphatic heterocycles. The van der Waals surface area contributed by atoms with Crippen molar-refractivity contribution in [3.63, 3.8) is 0 Å². The predicted molar refractivity (Wildman–Crippen MR) is 474 cm³/mol. The molecule has 1 atom stereocenters. The Bertz CT molecular complexity index is 5640. The summed E-state index contributed by atoms with van der Waals surface area (Å²) in [4.78, 5) is 5.09. The Labute approximate surface area is 656 Å². The zero-order valence-electron chi connectivity index (χ0n) is 68.5. The van der Waals surface area contributed by atoms with Gasteiger partial charge in [-0.2, -0.15) is 0 Å². The maximum absolute atomic E-state index is 7.93. The largest absolute Gasteiger partial charge is 0.455 e. The maximum Gasteiger partial charge on any atom is 0.179 e. The standard InChI is InChI=1S/C106H108N2OSi/c1-99(2,3)69-39-41-75(42-40-69)106(76-53-65-84(66-54-76)110(81-59-47-72(48-60-81)102(10,11)12,82-61-49-73(50-62-82)103(13,14)15)83-63-51-74(52-64-83)104(16,17)18)88-67-90(107(77-31-23-21-24-32-77)79-55-43-70(44-56-79)100(4,5)6)93-85-35-27-29-37-87(85)105(19,20)97(93)95(88)96-89(106)68-91(94-86-36-28-30-38-92(86)109-98(94)96)108(78-33-25-22-26-34-78)80-57-45-71(46-58-80)101(7,8)9/h21-68H,1-20H3. The number of hydrogen-bond acceptors (Lipinski definition) is 3. The molecule has 14 aromatic rings. The highest BCUT2D eigenvalue weighted by atomic mass is 28.3. The summed E-state index contributed by atoms with van der Waals surface area (Å²) in [7, 11) is -3.27. The number of benzene rings is 13. The fourth-order valence-electron chi connectivity index (χ4n) is 18.3. The van der Waals surface area contributed by atoms with E-state index in [2.05, 4.69) is 439 Å². The first kappa shape index (κ1) is 73.6. The molecule has 0 saturated carbocycles. The molecule has 0 fully saturated rings. The minimum Gasteiger partial charge on any atom is -0.455 e. The monoisotopic (exact) mass is 1450 g/mol. The van der Waals surface area contributed by atoms with Crippen molar-refractivity contribution in [2.24, 2.45) is 0 Å². The molecule has 0 saturated heterocycles. The molecule has 1 unspecified atom stereocenters. The lowest BCUT2D eigenvalue weighted by Crippen LogP contribution is -2.74. The van der Waals surface area contributed by atoms with Gasteiger partial charge in [0, 0.05) is 44.7 Å². The van der Waals surface area contributed by atoms with Gasteiger partial charge in [-0.1, -0.05) is 363 Å². The van der Waals surface area contributed by atoms with Crippen molar-refractivity contribution in [1.82, 2.24) is 0 Å². The van der Waals surface area contributed by atoms with Gasteiger partial charge in [-0.05, 0) is 198 Å². The van der Waals surface area contributed by atoms with Crippen LogP contribution in [-0.4, -0.2) is 8.07 Å². The summed E-state index contributed by atoms with van der Waals surface area (Å²) in [6.07, 6.45) is 0. The number of furan rings is 1. The lowest BCUT2D eigenvalue weighted by molar-refractivity contribution is 0.589. The Morgan fingerprint density at radius 2 is 0.609 bits per heavy atom. The van der Waals surface area contributed by atoms with E-state index in [1.807, 2.05) is 0 Å². The van der Waals surface area contributed by atoms with Crippen LogP contribution in [0.4, 0.5) is 34.1 Å². The van der Waals surface area contributed by atoms with Gasteiger partial charge in [0.2, 0.25) is 0 Å².